The third kappa shape index (κ3) is 2.41. The van der Waals surface area contributed by atoms with Gasteiger partial charge in [-0.05, 0) is 37.5 Å². The van der Waals surface area contributed by atoms with Gasteiger partial charge in [0.1, 0.15) is 0 Å². The summed E-state index contributed by atoms with van der Waals surface area (Å²) in [5, 5.41) is 11.5. The van der Waals surface area contributed by atoms with Crippen molar-refractivity contribution in [3.05, 3.63) is 29.8 Å². The maximum Gasteiger partial charge on any atom is 0.181 e. The largest absolute Gasteiger partial charge is 0.411 e. The molecule has 0 aliphatic heterocycles. The van der Waals surface area contributed by atoms with E-state index in [2.05, 4.69) is 5.16 Å². The normalized spacial score (nSPS) is 18.2. The maximum absolute atomic E-state index is 12.3. The van der Waals surface area contributed by atoms with Crippen LogP contribution >= 0.6 is 0 Å². The van der Waals surface area contributed by atoms with Crippen molar-refractivity contribution in [2.45, 2.75) is 42.8 Å². The maximum atomic E-state index is 12.3. The van der Waals surface area contributed by atoms with Crippen LogP contribution in [-0.4, -0.2) is 24.6 Å². The monoisotopic (exact) mass is 267 g/mol. The van der Waals surface area contributed by atoms with E-state index >= 15 is 0 Å². The first-order chi connectivity index (χ1) is 8.55. The number of benzene rings is 1. The number of rotatable bonds is 3. The molecule has 98 valence electrons. The van der Waals surface area contributed by atoms with E-state index in [1.165, 1.54) is 0 Å². The zero-order chi connectivity index (χ0) is 13.2. The first kappa shape index (κ1) is 13.1. The molecule has 1 aliphatic carbocycles. The number of hydrogen-bond donors (Lipinski definition) is 1. The molecule has 1 aliphatic rings. The average Bonchev–Trinajstić information content (AvgIpc) is 2.92. The summed E-state index contributed by atoms with van der Waals surface area (Å²) < 4.78 is 24.6. The molecule has 1 fully saturated rings. The smallest absolute Gasteiger partial charge is 0.181 e. The fraction of sp³-hybridized carbons (Fsp3) is 0.462. The van der Waals surface area contributed by atoms with Gasteiger partial charge in [-0.15, -0.1) is 0 Å². The predicted molar refractivity (Wildman–Crippen MR) is 69.9 cm³/mol. The van der Waals surface area contributed by atoms with Gasteiger partial charge in [-0.25, -0.2) is 8.42 Å². The Hall–Kier alpha value is -1.36. The molecule has 1 saturated carbocycles. The molecule has 0 spiro atoms. The van der Waals surface area contributed by atoms with Gasteiger partial charge in [0.05, 0.1) is 15.9 Å². The van der Waals surface area contributed by atoms with Gasteiger partial charge in [0, 0.05) is 0 Å². The number of nitrogens with zero attached hydrogens (tertiary/aromatic N) is 1. The summed E-state index contributed by atoms with van der Waals surface area (Å²) in [5.74, 6) is 0. The zero-order valence-electron chi connectivity index (χ0n) is 10.3. The Labute approximate surface area is 107 Å². The molecule has 0 bridgehead atoms. The molecule has 0 radical (unpaired) electrons. The van der Waals surface area contributed by atoms with E-state index in [9.17, 15) is 8.42 Å². The van der Waals surface area contributed by atoms with E-state index in [1.54, 1.807) is 31.2 Å². The highest BCUT2D eigenvalue weighted by atomic mass is 32.2. The lowest BCUT2D eigenvalue weighted by molar-refractivity contribution is 0.319. The van der Waals surface area contributed by atoms with Crippen LogP contribution < -0.4 is 0 Å². The van der Waals surface area contributed by atoms with Crippen LogP contribution in [-0.2, 0) is 9.84 Å². The van der Waals surface area contributed by atoms with Crippen molar-refractivity contribution in [2.24, 2.45) is 5.16 Å². The molecule has 0 saturated heterocycles. The Morgan fingerprint density at radius 1 is 1.22 bits per heavy atom. The molecule has 4 nitrogen and oxygen atoms in total. The van der Waals surface area contributed by atoms with Crippen LogP contribution in [0.1, 0.15) is 38.2 Å². The third-order valence-electron chi connectivity index (χ3n) is 3.49. The minimum absolute atomic E-state index is 0.226. The molecule has 1 N–H and O–H groups in total. The molecule has 0 unspecified atom stereocenters. The predicted octanol–water partition coefficient (Wildman–Crippen LogP) is 2.60. The standard InChI is InChI=1S/C13H17NO3S/c1-10(14-15)11-6-8-13(9-7-11)18(16,17)12-4-2-3-5-12/h6-9,12,15H,2-5H2,1H3/b14-10-. The number of oxime groups is 1. The van der Waals surface area contributed by atoms with Crippen molar-refractivity contribution >= 4 is 15.5 Å². The Morgan fingerprint density at radius 2 is 1.78 bits per heavy atom. The van der Waals surface area contributed by atoms with E-state index in [1.807, 2.05) is 0 Å². The zero-order valence-corrected chi connectivity index (χ0v) is 11.2. The highest BCUT2D eigenvalue weighted by Gasteiger charge is 2.30. The van der Waals surface area contributed by atoms with Crippen LogP contribution in [0.15, 0.2) is 34.3 Å². The second-order valence-electron chi connectivity index (χ2n) is 4.66. The molecular formula is C13H17NO3S. The van der Waals surface area contributed by atoms with Crippen LogP contribution in [0, 0.1) is 0 Å². The molecule has 18 heavy (non-hydrogen) atoms. The Kier molecular flexibility index (Phi) is 3.71. The highest BCUT2D eigenvalue weighted by Crippen LogP contribution is 2.29. The van der Waals surface area contributed by atoms with Gasteiger partial charge in [-0.1, -0.05) is 30.1 Å². The fourth-order valence-electron chi connectivity index (χ4n) is 2.33. The van der Waals surface area contributed by atoms with Crippen molar-refractivity contribution in [2.75, 3.05) is 0 Å². The van der Waals surface area contributed by atoms with E-state index < -0.39 is 9.84 Å². The van der Waals surface area contributed by atoms with Crippen molar-refractivity contribution in [1.82, 2.24) is 0 Å². The van der Waals surface area contributed by atoms with Gasteiger partial charge in [0.15, 0.2) is 9.84 Å². The summed E-state index contributed by atoms with van der Waals surface area (Å²) in [6.45, 7) is 1.67. The number of hydrogen-bond acceptors (Lipinski definition) is 4. The summed E-state index contributed by atoms with van der Waals surface area (Å²) >= 11 is 0. The Morgan fingerprint density at radius 3 is 2.28 bits per heavy atom. The molecule has 2 rings (SSSR count). The van der Waals surface area contributed by atoms with Crippen LogP contribution in [0.25, 0.3) is 0 Å². The van der Waals surface area contributed by atoms with Gasteiger partial charge < -0.3 is 5.21 Å². The van der Waals surface area contributed by atoms with Crippen LogP contribution in [0.5, 0.6) is 0 Å². The summed E-state index contributed by atoms with van der Waals surface area (Å²) in [4.78, 5) is 0.365. The van der Waals surface area contributed by atoms with Crippen molar-refractivity contribution < 1.29 is 13.6 Å². The molecule has 0 aromatic heterocycles. The summed E-state index contributed by atoms with van der Waals surface area (Å²) in [6.07, 6.45) is 3.53. The van der Waals surface area contributed by atoms with Gasteiger partial charge in [0.2, 0.25) is 0 Å². The lowest BCUT2D eigenvalue weighted by atomic mass is 10.1. The number of sulfone groups is 1. The molecule has 0 heterocycles. The third-order valence-corrected chi connectivity index (χ3v) is 5.77. The summed E-state index contributed by atoms with van der Waals surface area (Å²) in [5.41, 5.74) is 1.20. The highest BCUT2D eigenvalue weighted by molar-refractivity contribution is 7.92. The Bertz CT molecular complexity index is 540. The van der Waals surface area contributed by atoms with Gasteiger partial charge in [0.25, 0.3) is 0 Å². The van der Waals surface area contributed by atoms with Crippen molar-refractivity contribution in [3.63, 3.8) is 0 Å². The minimum atomic E-state index is -3.19. The minimum Gasteiger partial charge on any atom is -0.411 e. The van der Waals surface area contributed by atoms with Crippen LogP contribution in [0.3, 0.4) is 0 Å². The van der Waals surface area contributed by atoms with E-state index in [-0.39, 0.29) is 5.25 Å². The van der Waals surface area contributed by atoms with E-state index in [0.717, 1.165) is 31.2 Å². The second kappa shape index (κ2) is 5.10. The van der Waals surface area contributed by atoms with Crippen molar-refractivity contribution in [3.8, 4) is 0 Å². The SMILES string of the molecule is C/C(=N/O)c1ccc(S(=O)(=O)C2CCCC2)cc1. The van der Waals surface area contributed by atoms with Gasteiger partial charge in [-0.3, -0.25) is 0 Å². The first-order valence-corrected chi connectivity index (χ1v) is 7.63. The molecular weight excluding hydrogens is 250 g/mol. The first-order valence-electron chi connectivity index (χ1n) is 6.08. The van der Waals surface area contributed by atoms with Gasteiger partial charge >= 0.3 is 0 Å². The molecule has 0 atom stereocenters. The van der Waals surface area contributed by atoms with Gasteiger partial charge in [-0.2, -0.15) is 0 Å². The second-order valence-corrected chi connectivity index (χ2v) is 6.89. The fourth-order valence-corrected chi connectivity index (χ4v) is 4.19. The average molecular weight is 267 g/mol. The molecule has 1 aromatic carbocycles. The van der Waals surface area contributed by atoms with Crippen LogP contribution in [0.2, 0.25) is 0 Å². The lowest BCUT2D eigenvalue weighted by Crippen LogP contribution is -2.17. The van der Waals surface area contributed by atoms with Crippen LogP contribution in [0.4, 0.5) is 0 Å². The van der Waals surface area contributed by atoms with E-state index in [0.29, 0.717) is 10.6 Å². The lowest BCUT2D eigenvalue weighted by Gasteiger charge is -2.11. The molecule has 0 amide bonds. The summed E-state index contributed by atoms with van der Waals surface area (Å²) in [7, 11) is -3.19. The topological polar surface area (TPSA) is 66.7 Å². The molecule has 5 heteroatoms. The molecule has 1 aromatic rings. The van der Waals surface area contributed by atoms with Crippen molar-refractivity contribution in [1.29, 1.82) is 0 Å². The Balaban J connectivity index is 2.29. The summed E-state index contributed by atoms with van der Waals surface area (Å²) in [6, 6.07) is 6.54. The van der Waals surface area contributed by atoms with E-state index in [4.69, 9.17) is 5.21 Å². The quantitative estimate of drug-likeness (QED) is 0.520.